The van der Waals surface area contributed by atoms with Gasteiger partial charge < -0.3 is 15.3 Å². The van der Waals surface area contributed by atoms with Crippen molar-refractivity contribution in [3.8, 4) is 0 Å². The Morgan fingerprint density at radius 3 is 2.41 bits per heavy atom. The molecule has 2 saturated heterocycles. The van der Waals surface area contributed by atoms with E-state index in [1.54, 1.807) is 0 Å². The number of carboxylic acid groups (broad SMARTS) is 1. The number of piperidine rings is 2. The molecule has 2 bridgehead atoms. The monoisotopic (exact) mass is 435 g/mol. The van der Waals surface area contributed by atoms with Gasteiger partial charge in [-0.1, -0.05) is 13.0 Å². The summed E-state index contributed by atoms with van der Waals surface area (Å²) in [5, 5.41) is 15.1. The standard InChI is InChI=1S/C26H33N3O3/c1-16-5-9-21(10-6-16)28-24-14-17-7-8-18(11-20(17)15-27-24)25(30)29-22-3-2-4-23(29)13-19(12-22)26(31)32/h7-8,11,14-16,19,21-23H,2-6,9-10,12-13H2,1H3,(H,27,28)(H,31,32)/t16-,19?,21-,22?,23?. The Kier molecular flexibility index (Phi) is 5.78. The highest BCUT2D eigenvalue weighted by molar-refractivity contribution is 5.99. The number of fused-ring (bicyclic) bond motifs is 3. The van der Waals surface area contributed by atoms with Crippen LogP contribution in [-0.2, 0) is 4.79 Å². The average Bonchev–Trinajstić information content (AvgIpc) is 2.79. The second-order valence-electron chi connectivity index (χ2n) is 10.2. The molecule has 1 saturated carbocycles. The largest absolute Gasteiger partial charge is 0.481 e. The van der Waals surface area contributed by atoms with Crippen LogP contribution in [0.5, 0.6) is 0 Å². The number of aliphatic carboxylic acids is 1. The molecule has 2 unspecified atom stereocenters. The summed E-state index contributed by atoms with van der Waals surface area (Å²) < 4.78 is 0. The summed E-state index contributed by atoms with van der Waals surface area (Å²) >= 11 is 0. The van der Waals surface area contributed by atoms with E-state index in [9.17, 15) is 14.7 Å². The minimum atomic E-state index is -0.724. The number of aromatic nitrogens is 1. The molecule has 0 radical (unpaired) electrons. The summed E-state index contributed by atoms with van der Waals surface area (Å²) in [4.78, 5) is 31.6. The van der Waals surface area contributed by atoms with Crippen LogP contribution in [0.3, 0.4) is 0 Å². The van der Waals surface area contributed by atoms with Crippen LogP contribution in [0.25, 0.3) is 10.8 Å². The Labute approximate surface area is 189 Å². The highest BCUT2D eigenvalue weighted by Gasteiger charge is 2.43. The molecule has 3 fully saturated rings. The number of carboxylic acids is 1. The number of nitrogens with zero attached hydrogens (tertiary/aromatic N) is 2. The van der Waals surface area contributed by atoms with Gasteiger partial charge in [0.15, 0.2) is 0 Å². The fourth-order valence-corrected chi connectivity index (χ4v) is 6.03. The van der Waals surface area contributed by atoms with Crippen LogP contribution in [0.1, 0.15) is 75.1 Å². The van der Waals surface area contributed by atoms with E-state index in [0.717, 1.165) is 41.8 Å². The van der Waals surface area contributed by atoms with Crippen molar-refractivity contribution < 1.29 is 14.7 Å². The Hall–Kier alpha value is -2.63. The first-order valence-electron chi connectivity index (χ1n) is 12.2. The molecule has 1 aromatic heterocycles. The molecule has 1 aromatic carbocycles. The lowest BCUT2D eigenvalue weighted by atomic mass is 9.78. The quantitative estimate of drug-likeness (QED) is 0.700. The number of anilines is 1. The van der Waals surface area contributed by atoms with Gasteiger partial charge in [0.1, 0.15) is 5.82 Å². The van der Waals surface area contributed by atoms with Gasteiger partial charge in [-0.3, -0.25) is 9.59 Å². The van der Waals surface area contributed by atoms with Crippen LogP contribution >= 0.6 is 0 Å². The van der Waals surface area contributed by atoms with Gasteiger partial charge in [-0.25, -0.2) is 4.98 Å². The fraction of sp³-hybridized carbons (Fsp3) is 0.577. The Morgan fingerprint density at radius 2 is 1.72 bits per heavy atom. The molecule has 1 amide bonds. The first-order chi connectivity index (χ1) is 15.5. The Bertz CT molecular complexity index is 1000. The third kappa shape index (κ3) is 4.19. The molecule has 2 aliphatic heterocycles. The molecule has 2 atom stereocenters. The number of carbonyl (C=O) groups excluding carboxylic acids is 1. The van der Waals surface area contributed by atoms with Gasteiger partial charge in [-0.15, -0.1) is 0 Å². The smallest absolute Gasteiger partial charge is 0.306 e. The van der Waals surface area contributed by atoms with E-state index in [4.69, 9.17) is 0 Å². The highest BCUT2D eigenvalue weighted by Crippen LogP contribution is 2.38. The lowest BCUT2D eigenvalue weighted by Gasteiger charge is -2.48. The van der Waals surface area contributed by atoms with Gasteiger partial charge in [0.25, 0.3) is 5.91 Å². The number of pyridine rings is 1. The summed E-state index contributed by atoms with van der Waals surface area (Å²) in [6, 6.07) is 8.51. The summed E-state index contributed by atoms with van der Waals surface area (Å²) in [5.74, 6) is 0.708. The Balaban J connectivity index is 1.32. The lowest BCUT2D eigenvalue weighted by molar-refractivity contribution is -0.145. The van der Waals surface area contributed by atoms with E-state index in [2.05, 4.69) is 23.3 Å². The number of hydrogen-bond donors (Lipinski definition) is 2. The van der Waals surface area contributed by atoms with Crippen LogP contribution in [0.2, 0.25) is 0 Å². The molecule has 2 aromatic rings. The van der Waals surface area contributed by atoms with Crippen molar-refractivity contribution in [2.45, 2.75) is 82.8 Å². The number of hydrogen-bond acceptors (Lipinski definition) is 4. The molecule has 3 aliphatic rings. The van der Waals surface area contributed by atoms with Crippen molar-refractivity contribution in [2.24, 2.45) is 11.8 Å². The molecule has 6 heteroatoms. The zero-order chi connectivity index (χ0) is 22.2. The third-order valence-electron chi connectivity index (χ3n) is 7.89. The first-order valence-corrected chi connectivity index (χ1v) is 12.2. The van der Waals surface area contributed by atoms with Crippen molar-refractivity contribution in [1.82, 2.24) is 9.88 Å². The van der Waals surface area contributed by atoms with E-state index < -0.39 is 5.97 Å². The molecule has 1 aliphatic carbocycles. The van der Waals surface area contributed by atoms with Gasteiger partial charge in [0, 0.05) is 35.3 Å². The molecule has 3 heterocycles. The molecular formula is C26H33N3O3. The van der Waals surface area contributed by atoms with Crippen molar-refractivity contribution in [1.29, 1.82) is 0 Å². The third-order valence-corrected chi connectivity index (χ3v) is 7.89. The van der Waals surface area contributed by atoms with Crippen molar-refractivity contribution in [2.75, 3.05) is 5.32 Å². The molecule has 2 N–H and O–H groups in total. The minimum absolute atomic E-state index is 0.0314. The topological polar surface area (TPSA) is 82.5 Å². The second-order valence-corrected chi connectivity index (χ2v) is 10.2. The first kappa shape index (κ1) is 21.2. The molecule has 0 spiro atoms. The predicted octanol–water partition coefficient (Wildman–Crippen LogP) is 5.08. The van der Waals surface area contributed by atoms with Gasteiger partial charge in [-0.2, -0.15) is 0 Å². The van der Waals surface area contributed by atoms with Gasteiger partial charge >= 0.3 is 5.97 Å². The predicted molar refractivity (Wildman–Crippen MR) is 125 cm³/mol. The van der Waals surface area contributed by atoms with Gasteiger partial charge in [0.05, 0.1) is 5.92 Å². The zero-order valence-corrected chi connectivity index (χ0v) is 18.8. The molecule has 32 heavy (non-hydrogen) atoms. The normalized spacial score (nSPS) is 30.2. The number of nitrogens with one attached hydrogen (secondary N) is 1. The molecule has 170 valence electrons. The van der Waals surface area contributed by atoms with Crippen molar-refractivity contribution in [3.63, 3.8) is 0 Å². The van der Waals surface area contributed by atoms with Gasteiger partial charge in [0.2, 0.25) is 0 Å². The fourth-order valence-electron chi connectivity index (χ4n) is 6.03. The zero-order valence-electron chi connectivity index (χ0n) is 18.8. The van der Waals surface area contributed by atoms with E-state index in [0.29, 0.717) is 24.4 Å². The summed E-state index contributed by atoms with van der Waals surface area (Å²) in [5.41, 5.74) is 0.673. The maximum Gasteiger partial charge on any atom is 0.306 e. The van der Waals surface area contributed by atoms with E-state index >= 15 is 0 Å². The van der Waals surface area contributed by atoms with E-state index in [1.165, 1.54) is 25.7 Å². The lowest BCUT2D eigenvalue weighted by Crippen LogP contribution is -2.55. The number of rotatable bonds is 4. The van der Waals surface area contributed by atoms with Crippen LogP contribution in [0.4, 0.5) is 5.82 Å². The summed E-state index contributed by atoms with van der Waals surface area (Å²) in [6.45, 7) is 2.32. The van der Waals surface area contributed by atoms with Crippen molar-refractivity contribution in [3.05, 3.63) is 36.0 Å². The maximum absolute atomic E-state index is 13.4. The van der Waals surface area contributed by atoms with E-state index in [-0.39, 0.29) is 23.9 Å². The molecule has 5 rings (SSSR count). The van der Waals surface area contributed by atoms with Crippen LogP contribution in [-0.4, -0.2) is 45.0 Å². The maximum atomic E-state index is 13.4. The second kappa shape index (κ2) is 8.72. The molecule has 6 nitrogen and oxygen atoms in total. The minimum Gasteiger partial charge on any atom is -0.481 e. The summed E-state index contributed by atoms with van der Waals surface area (Å²) in [6.07, 6.45) is 10.8. The highest BCUT2D eigenvalue weighted by atomic mass is 16.4. The summed E-state index contributed by atoms with van der Waals surface area (Å²) in [7, 11) is 0. The number of benzene rings is 1. The van der Waals surface area contributed by atoms with Crippen LogP contribution in [0, 0.1) is 11.8 Å². The average molecular weight is 436 g/mol. The van der Waals surface area contributed by atoms with Crippen LogP contribution < -0.4 is 5.32 Å². The number of carbonyl (C=O) groups is 2. The number of amides is 1. The Morgan fingerprint density at radius 1 is 1.00 bits per heavy atom. The van der Waals surface area contributed by atoms with Crippen molar-refractivity contribution >= 4 is 28.5 Å². The molecular weight excluding hydrogens is 402 g/mol. The van der Waals surface area contributed by atoms with E-state index in [1.807, 2.05) is 29.3 Å². The van der Waals surface area contributed by atoms with Crippen LogP contribution in [0.15, 0.2) is 30.5 Å². The van der Waals surface area contributed by atoms with Gasteiger partial charge in [-0.05, 0) is 87.3 Å². The SMILES string of the molecule is C[C@H]1CC[C@H](Nc2cc3ccc(C(=O)N4C5CCCC4CC(C(=O)O)C5)cc3cn2)CC1.